The van der Waals surface area contributed by atoms with Gasteiger partial charge in [-0.3, -0.25) is 9.69 Å². The lowest BCUT2D eigenvalue weighted by molar-refractivity contribution is -0.122. The summed E-state index contributed by atoms with van der Waals surface area (Å²) in [6.45, 7) is 7.46. The Bertz CT molecular complexity index is 962. The zero-order valence-corrected chi connectivity index (χ0v) is 15.1. The number of urea groups is 1. The van der Waals surface area contributed by atoms with E-state index in [1.165, 1.54) is 12.1 Å². The Hall–Kier alpha value is -2.86. The molecule has 0 atom stereocenters. The number of carbonyl (C=O) groups excluding carboxylic acids is 2. The lowest BCUT2D eigenvalue weighted by Crippen LogP contribution is -2.30. The van der Waals surface area contributed by atoms with Crippen molar-refractivity contribution >= 4 is 29.6 Å². The summed E-state index contributed by atoms with van der Waals surface area (Å²) in [4.78, 5) is 25.3. The first-order chi connectivity index (χ1) is 12.3. The molecule has 3 amide bonds. The predicted octanol–water partition coefficient (Wildman–Crippen LogP) is 3.97. The van der Waals surface area contributed by atoms with Crippen molar-refractivity contribution in [3.63, 3.8) is 0 Å². The summed E-state index contributed by atoms with van der Waals surface area (Å²) in [6.07, 6.45) is 3.12. The van der Waals surface area contributed by atoms with Gasteiger partial charge in [-0.2, -0.15) is 0 Å². The van der Waals surface area contributed by atoms with Crippen LogP contribution in [0, 0.1) is 19.7 Å². The molecule has 0 radical (unpaired) electrons. The minimum absolute atomic E-state index is 0.0354. The van der Waals surface area contributed by atoms with Crippen molar-refractivity contribution in [2.24, 2.45) is 0 Å². The van der Waals surface area contributed by atoms with Gasteiger partial charge in [-0.15, -0.1) is 6.58 Å². The monoisotopic (exact) mass is 373 g/mol. The van der Waals surface area contributed by atoms with Gasteiger partial charge in [0.2, 0.25) is 0 Å². The van der Waals surface area contributed by atoms with Crippen molar-refractivity contribution in [1.29, 1.82) is 0 Å². The highest BCUT2D eigenvalue weighted by molar-refractivity contribution is 6.30. The summed E-state index contributed by atoms with van der Waals surface area (Å²) < 4.78 is 15.3. The highest BCUT2D eigenvalue weighted by Gasteiger charge is 2.32. The molecule has 26 heavy (non-hydrogen) atoms. The molecule has 0 unspecified atom stereocenters. The molecule has 7 heteroatoms. The first-order valence-electron chi connectivity index (χ1n) is 7.93. The molecule has 1 fully saturated rings. The molecule has 3 rings (SSSR count). The molecule has 0 bridgehead atoms. The molecule has 134 valence electrons. The van der Waals surface area contributed by atoms with E-state index in [-0.39, 0.29) is 17.3 Å². The summed E-state index contributed by atoms with van der Waals surface area (Å²) >= 11 is 5.89. The summed E-state index contributed by atoms with van der Waals surface area (Å²) in [7, 11) is 0. The quantitative estimate of drug-likeness (QED) is 0.501. The second-order valence-corrected chi connectivity index (χ2v) is 6.36. The Morgan fingerprint density at radius 1 is 1.27 bits per heavy atom. The third kappa shape index (κ3) is 3.04. The van der Waals surface area contributed by atoms with Crippen LogP contribution in [0.3, 0.4) is 0 Å². The number of amides is 3. The fourth-order valence-electron chi connectivity index (χ4n) is 2.98. The van der Waals surface area contributed by atoms with Crippen LogP contribution in [0.25, 0.3) is 11.8 Å². The number of benzene rings is 1. The van der Waals surface area contributed by atoms with Gasteiger partial charge in [0.15, 0.2) is 0 Å². The van der Waals surface area contributed by atoms with Crippen LogP contribution in [0.15, 0.2) is 42.6 Å². The number of carbonyl (C=O) groups is 2. The molecule has 2 aromatic rings. The van der Waals surface area contributed by atoms with Crippen molar-refractivity contribution in [3.8, 4) is 5.69 Å². The van der Waals surface area contributed by atoms with Crippen LogP contribution in [-0.4, -0.2) is 28.0 Å². The maximum absolute atomic E-state index is 13.4. The van der Waals surface area contributed by atoms with Gasteiger partial charge in [0.05, 0.1) is 5.02 Å². The Balaban J connectivity index is 2.01. The molecule has 1 saturated heterocycles. The van der Waals surface area contributed by atoms with Gasteiger partial charge in [-0.1, -0.05) is 17.7 Å². The van der Waals surface area contributed by atoms with E-state index in [0.717, 1.165) is 21.9 Å². The number of rotatable bonds is 4. The fraction of sp³-hybridized carbons (Fsp3) is 0.158. The Labute approximate surface area is 155 Å². The largest absolute Gasteiger partial charge is 0.329 e. The SMILES string of the molecule is C=CCN1C(=O)N/C(=C/c2cc(C)n(-c3ccc(F)c(Cl)c3)c2C)C1=O. The number of imide groups is 1. The molecule has 1 N–H and O–H groups in total. The van der Waals surface area contributed by atoms with Crippen LogP contribution in [-0.2, 0) is 4.79 Å². The van der Waals surface area contributed by atoms with Gasteiger partial charge in [0, 0.05) is 23.6 Å². The first-order valence-corrected chi connectivity index (χ1v) is 8.31. The van der Waals surface area contributed by atoms with E-state index in [1.54, 1.807) is 18.2 Å². The Morgan fingerprint density at radius 3 is 2.65 bits per heavy atom. The van der Waals surface area contributed by atoms with Crippen molar-refractivity contribution < 1.29 is 14.0 Å². The average Bonchev–Trinajstić information content (AvgIpc) is 3.01. The highest BCUT2D eigenvalue weighted by atomic mass is 35.5. The lowest BCUT2D eigenvalue weighted by atomic mass is 10.2. The Kier molecular flexibility index (Phi) is 4.70. The van der Waals surface area contributed by atoms with E-state index in [1.807, 2.05) is 24.5 Å². The smallest absolute Gasteiger partial charge is 0.318 e. The molecule has 0 aliphatic carbocycles. The maximum Gasteiger partial charge on any atom is 0.329 e. The average molecular weight is 374 g/mol. The summed E-state index contributed by atoms with van der Waals surface area (Å²) in [6, 6.07) is 5.90. The highest BCUT2D eigenvalue weighted by Crippen LogP contribution is 2.26. The normalized spacial score (nSPS) is 15.7. The molecular weight excluding hydrogens is 357 g/mol. The van der Waals surface area contributed by atoms with Crippen molar-refractivity contribution in [1.82, 2.24) is 14.8 Å². The van der Waals surface area contributed by atoms with Gasteiger partial charge in [-0.05, 0) is 49.8 Å². The lowest BCUT2D eigenvalue weighted by Gasteiger charge is -2.10. The van der Waals surface area contributed by atoms with Crippen molar-refractivity contribution in [2.45, 2.75) is 13.8 Å². The van der Waals surface area contributed by atoms with Gasteiger partial charge in [0.1, 0.15) is 11.5 Å². The van der Waals surface area contributed by atoms with Gasteiger partial charge in [0.25, 0.3) is 5.91 Å². The van der Waals surface area contributed by atoms with E-state index in [0.29, 0.717) is 5.69 Å². The topological polar surface area (TPSA) is 54.3 Å². The number of hydrogen-bond donors (Lipinski definition) is 1. The standard InChI is InChI=1S/C19H17ClFN3O2/c1-4-7-23-18(25)17(22-19(23)26)9-13-8-11(2)24(12(13)3)14-5-6-16(21)15(20)10-14/h4-6,8-10H,1,7H2,2-3H3,(H,22,26)/b17-9+. The van der Waals surface area contributed by atoms with E-state index < -0.39 is 17.8 Å². The predicted molar refractivity (Wildman–Crippen MR) is 98.6 cm³/mol. The second-order valence-electron chi connectivity index (χ2n) is 5.95. The number of nitrogens with one attached hydrogen (secondary N) is 1. The second kappa shape index (κ2) is 6.80. The van der Waals surface area contributed by atoms with Crippen molar-refractivity contribution in [3.05, 3.63) is 70.4 Å². The zero-order valence-electron chi connectivity index (χ0n) is 14.3. The number of halogens is 2. The van der Waals surface area contributed by atoms with E-state index in [4.69, 9.17) is 11.6 Å². The minimum Gasteiger partial charge on any atom is -0.318 e. The minimum atomic E-state index is -0.484. The molecular formula is C19H17ClFN3O2. The molecule has 1 aromatic heterocycles. The molecule has 5 nitrogen and oxygen atoms in total. The third-order valence-electron chi connectivity index (χ3n) is 4.21. The van der Waals surface area contributed by atoms with E-state index in [2.05, 4.69) is 11.9 Å². The fourth-order valence-corrected chi connectivity index (χ4v) is 3.15. The van der Waals surface area contributed by atoms with E-state index in [9.17, 15) is 14.0 Å². The Morgan fingerprint density at radius 2 is 2.00 bits per heavy atom. The molecule has 1 aliphatic rings. The van der Waals surface area contributed by atoms with Gasteiger partial charge < -0.3 is 9.88 Å². The van der Waals surface area contributed by atoms with Gasteiger partial charge >= 0.3 is 6.03 Å². The van der Waals surface area contributed by atoms with Crippen LogP contribution >= 0.6 is 11.6 Å². The molecule has 1 aliphatic heterocycles. The van der Waals surface area contributed by atoms with Crippen LogP contribution in [0.2, 0.25) is 5.02 Å². The van der Waals surface area contributed by atoms with Crippen LogP contribution in [0.5, 0.6) is 0 Å². The zero-order chi connectivity index (χ0) is 19.0. The summed E-state index contributed by atoms with van der Waals surface area (Å²) in [5, 5.41) is 2.61. The molecule has 0 spiro atoms. The van der Waals surface area contributed by atoms with Crippen LogP contribution < -0.4 is 5.32 Å². The first kappa shape index (κ1) is 17.9. The van der Waals surface area contributed by atoms with E-state index >= 15 is 0 Å². The molecule has 2 heterocycles. The number of hydrogen-bond acceptors (Lipinski definition) is 2. The molecule has 0 saturated carbocycles. The third-order valence-corrected chi connectivity index (χ3v) is 4.50. The molecule has 1 aromatic carbocycles. The van der Waals surface area contributed by atoms with Crippen LogP contribution in [0.1, 0.15) is 17.0 Å². The number of aromatic nitrogens is 1. The van der Waals surface area contributed by atoms with Crippen molar-refractivity contribution in [2.75, 3.05) is 6.54 Å². The number of nitrogens with zero attached hydrogens (tertiary/aromatic N) is 2. The van der Waals surface area contributed by atoms with Crippen LogP contribution in [0.4, 0.5) is 9.18 Å². The number of aryl methyl sites for hydroxylation is 1. The summed E-state index contributed by atoms with van der Waals surface area (Å²) in [5.74, 6) is -0.883. The van der Waals surface area contributed by atoms with Gasteiger partial charge in [-0.25, -0.2) is 9.18 Å². The summed E-state index contributed by atoms with van der Waals surface area (Å²) in [5.41, 5.74) is 3.41. The maximum atomic E-state index is 13.4.